The number of alkyl halides is 3. The summed E-state index contributed by atoms with van der Waals surface area (Å²) in [6.07, 6.45) is -5.25. The van der Waals surface area contributed by atoms with Crippen molar-refractivity contribution in [1.29, 1.82) is 0 Å². The summed E-state index contributed by atoms with van der Waals surface area (Å²) >= 11 is 11.9. The van der Waals surface area contributed by atoms with Crippen molar-refractivity contribution in [2.75, 3.05) is 11.6 Å². The van der Waals surface area contributed by atoms with Crippen molar-refractivity contribution in [3.8, 4) is 0 Å². The van der Waals surface area contributed by atoms with E-state index in [1.54, 1.807) is 0 Å². The van der Waals surface area contributed by atoms with Crippen molar-refractivity contribution in [2.45, 2.75) is 18.0 Å². The number of benzene rings is 3. The van der Waals surface area contributed by atoms with Crippen LogP contribution in [-0.4, -0.2) is 35.5 Å². The molecule has 5 nitrogen and oxygen atoms in total. The average molecular weight is 545 g/mol. The molecule has 0 N–H and O–H groups in total. The minimum absolute atomic E-state index is 0.0733. The summed E-state index contributed by atoms with van der Waals surface area (Å²) in [4.78, 5) is 41.1. The Bertz CT molecular complexity index is 1380. The van der Waals surface area contributed by atoms with Gasteiger partial charge in [-0.25, -0.2) is 0 Å². The largest absolute Gasteiger partial charge is 0.471 e. The number of anilines is 1. The molecule has 3 aromatic rings. The number of carbonyl (C=O) groups excluding carboxylic acids is 3. The van der Waals surface area contributed by atoms with Gasteiger partial charge in [0.05, 0.1) is 21.9 Å². The molecule has 1 aliphatic heterocycles. The third-order valence-electron chi connectivity index (χ3n) is 7.53. The summed E-state index contributed by atoms with van der Waals surface area (Å²) in [6, 6.07) is 18.7. The summed E-state index contributed by atoms with van der Waals surface area (Å²) in [5.74, 6) is -5.82. The molecule has 1 heterocycles. The van der Waals surface area contributed by atoms with E-state index < -0.39 is 54.2 Å². The number of imide groups is 1. The van der Waals surface area contributed by atoms with Crippen molar-refractivity contribution in [3.63, 3.8) is 0 Å². The Morgan fingerprint density at radius 3 is 1.65 bits per heavy atom. The normalized spacial score (nSPS) is 23.5. The van der Waals surface area contributed by atoms with Crippen LogP contribution in [0.1, 0.15) is 34.1 Å². The number of rotatable bonds is 3. The molecule has 0 unspecified atom stereocenters. The van der Waals surface area contributed by atoms with E-state index in [9.17, 15) is 27.6 Å². The van der Waals surface area contributed by atoms with Crippen LogP contribution in [0.15, 0.2) is 66.7 Å². The Kier molecular flexibility index (Phi) is 5.40. The second-order valence-electron chi connectivity index (χ2n) is 9.34. The summed E-state index contributed by atoms with van der Waals surface area (Å²) in [5.41, 5.74) is 3.50. The van der Waals surface area contributed by atoms with E-state index in [4.69, 9.17) is 23.2 Å². The number of carbonyl (C=O) groups is 3. The Hall–Kier alpha value is -3.36. The quantitative estimate of drug-likeness (QED) is 0.395. The molecule has 3 aromatic carbocycles. The molecule has 37 heavy (non-hydrogen) atoms. The molecule has 10 heteroatoms. The number of amides is 3. The molecule has 2 atom stereocenters. The van der Waals surface area contributed by atoms with Crippen molar-refractivity contribution in [1.82, 2.24) is 4.90 Å². The number of likely N-dealkylation sites (tertiary alicyclic amines) is 1. The molecule has 0 radical (unpaired) electrons. The number of hydrogen-bond donors (Lipinski definition) is 0. The van der Waals surface area contributed by atoms with Gasteiger partial charge in [0, 0.05) is 17.5 Å². The van der Waals surface area contributed by atoms with Crippen LogP contribution in [0, 0.1) is 11.8 Å². The van der Waals surface area contributed by atoms with Gasteiger partial charge >= 0.3 is 12.1 Å². The van der Waals surface area contributed by atoms with E-state index in [1.807, 2.05) is 48.5 Å². The van der Waals surface area contributed by atoms with Crippen molar-refractivity contribution >= 4 is 46.6 Å². The van der Waals surface area contributed by atoms with Gasteiger partial charge in [-0.3, -0.25) is 24.2 Å². The minimum atomic E-state index is -5.25. The number of hydrogen-bond acceptors (Lipinski definition) is 3. The molecule has 0 aromatic heterocycles. The van der Waals surface area contributed by atoms with E-state index in [0.717, 1.165) is 33.2 Å². The third kappa shape index (κ3) is 3.49. The van der Waals surface area contributed by atoms with E-state index >= 15 is 0 Å². The van der Waals surface area contributed by atoms with Gasteiger partial charge < -0.3 is 0 Å². The molecule has 7 rings (SSSR count). The fourth-order valence-corrected chi connectivity index (χ4v) is 6.38. The topological polar surface area (TPSA) is 57.7 Å². The second-order valence-corrected chi connectivity index (χ2v) is 10.2. The van der Waals surface area contributed by atoms with E-state index in [2.05, 4.69) is 0 Å². The molecular formula is C27H17Cl2F3N2O3. The van der Waals surface area contributed by atoms with Crippen LogP contribution in [0.3, 0.4) is 0 Å². The number of halogens is 5. The van der Waals surface area contributed by atoms with Gasteiger partial charge in [-0.15, -0.1) is 0 Å². The maximum absolute atomic E-state index is 13.8. The molecular weight excluding hydrogens is 528 g/mol. The maximum Gasteiger partial charge on any atom is 0.471 e. The van der Waals surface area contributed by atoms with Crippen LogP contribution < -0.4 is 4.90 Å². The van der Waals surface area contributed by atoms with Crippen LogP contribution in [0.5, 0.6) is 0 Å². The summed E-state index contributed by atoms with van der Waals surface area (Å²) < 4.78 is 40.7. The van der Waals surface area contributed by atoms with Crippen molar-refractivity contribution in [2.24, 2.45) is 11.8 Å². The maximum atomic E-state index is 13.8. The zero-order valence-electron chi connectivity index (χ0n) is 18.9. The number of nitrogens with zero attached hydrogens (tertiary/aromatic N) is 2. The van der Waals surface area contributed by atoms with E-state index in [0.29, 0.717) is 4.90 Å². The van der Waals surface area contributed by atoms with Crippen molar-refractivity contribution in [3.05, 3.63) is 99.0 Å². The van der Waals surface area contributed by atoms with Crippen LogP contribution >= 0.6 is 23.2 Å². The van der Waals surface area contributed by atoms with Gasteiger partial charge in [0.2, 0.25) is 11.8 Å². The van der Waals surface area contributed by atoms with Crippen LogP contribution in [0.2, 0.25) is 10.0 Å². The highest BCUT2D eigenvalue weighted by Gasteiger charge is 2.62. The molecule has 1 saturated heterocycles. The van der Waals surface area contributed by atoms with Gasteiger partial charge in [-0.1, -0.05) is 71.7 Å². The molecule has 0 saturated carbocycles. The molecule has 2 bridgehead atoms. The zero-order valence-corrected chi connectivity index (χ0v) is 20.4. The van der Waals surface area contributed by atoms with Crippen LogP contribution in [-0.2, 0) is 14.4 Å². The highest BCUT2D eigenvalue weighted by atomic mass is 35.5. The van der Waals surface area contributed by atoms with Crippen molar-refractivity contribution < 1.29 is 27.6 Å². The molecule has 3 amide bonds. The van der Waals surface area contributed by atoms with Gasteiger partial charge in [0.15, 0.2) is 0 Å². The Morgan fingerprint density at radius 1 is 0.784 bits per heavy atom. The fraction of sp³-hybridized carbons (Fsp3) is 0.222. The van der Waals surface area contributed by atoms with Crippen LogP contribution in [0.25, 0.3) is 0 Å². The monoisotopic (exact) mass is 544 g/mol. The lowest BCUT2D eigenvalue weighted by Gasteiger charge is -2.45. The van der Waals surface area contributed by atoms with E-state index in [-0.39, 0.29) is 15.7 Å². The van der Waals surface area contributed by atoms with Gasteiger partial charge in [0.25, 0.3) is 0 Å². The smallest absolute Gasteiger partial charge is 0.286 e. The highest BCUT2D eigenvalue weighted by molar-refractivity contribution is 6.42. The molecule has 0 spiro atoms. The predicted octanol–water partition coefficient (Wildman–Crippen LogP) is 5.74. The first kappa shape index (κ1) is 24.0. The SMILES string of the molecule is O=C1[C@H]2C3c4ccccc4C(c4ccccc43)[C@@H]2C(=O)N1CN(C(=O)C(F)(F)F)c1ccc(Cl)c(Cl)c1. The van der Waals surface area contributed by atoms with Gasteiger partial charge in [-0.05, 0) is 40.5 Å². The first-order chi connectivity index (χ1) is 17.6. The fourth-order valence-electron chi connectivity index (χ4n) is 6.09. The van der Waals surface area contributed by atoms with Crippen LogP contribution in [0.4, 0.5) is 18.9 Å². The Balaban J connectivity index is 1.43. The lowest BCUT2D eigenvalue weighted by molar-refractivity contribution is -0.171. The highest BCUT2D eigenvalue weighted by Crippen LogP contribution is 2.61. The first-order valence-corrected chi connectivity index (χ1v) is 12.2. The zero-order chi connectivity index (χ0) is 26.2. The Morgan fingerprint density at radius 2 is 1.24 bits per heavy atom. The molecule has 4 aliphatic rings. The summed E-state index contributed by atoms with van der Waals surface area (Å²) in [5, 5.41) is 0.00658. The van der Waals surface area contributed by atoms with Gasteiger partial charge in [0.1, 0.15) is 6.67 Å². The molecule has 3 aliphatic carbocycles. The molecule has 188 valence electrons. The summed E-state index contributed by atoms with van der Waals surface area (Å²) in [6.45, 7) is -0.896. The van der Waals surface area contributed by atoms with Gasteiger partial charge in [-0.2, -0.15) is 13.2 Å². The first-order valence-electron chi connectivity index (χ1n) is 11.5. The minimum Gasteiger partial charge on any atom is -0.286 e. The standard InChI is InChI=1S/C27H17Cl2F3N2O3/c28-18-10-9-13(11-19(18)29)33(26(37)27(30,31)32)12-34-24(35)22-20-14-5-1-2-6-15(14)21(23(22)25(34)36)17-8-4-3-7-16(17)20/h1-11,20-23H,12H2/t20?,21?,22-,23-/m0/s1. The third-order valence-corrected chi connectivity index (χ3v) is 8.26. The lowest BCUT2D eigenvalue weighted by atomic mass is 9.55. The average Bonchev–Trinajstić information content (AvgIpc) is 3.13. The Labute approximate surface area is 219 Å². The molecule has 1 fully saturated rings. The second kappa shape index (κ2) is 8.33. The van der Waals surface area contributed by atoms with E-state index in [1.165, 1.54) is 12.1 Å². The summed E-state index contributed by atoms with van der Waals surface area (Å²) in [7, 11) is 0. The lowest BCUT2D eigenvalue weighted by Crippen LogP contribution is -2.49. The predicted molar refractivity (Wildman–Crippen MR) is 130 cm³/mol.